The lowest BCUT2D eigenvalue weighted by Gasteiger charge is -2.07. The summed E-state index contributed by atoms with van der Waals surface area (Å²) in [6.45, 7) is 0.731. The average Bonchev–Trinajstić information content (AvgIpc) is 2.32. The van der Waals surface area contributed by atoms with Crippen molar-refractivity contribution in [3.63, 3.8) is 0 Å². The van der Waals surface area contributed by atoms with E-state index in [1.807, 2.05) is 12.1 Å². The van der Waals surface area contributed by atoms with Crippen molar-refractivity contribution in [2.75, 3.05) is 11.9 Å². The molecule has 5 heteroatoms. The van der Waals surface area contributed by atoms with Gasteiger partial charge in [0.1, 0.15) is 0 Å². The van der Waals surface area contributed by atoms with Crippen LogP contribution in [0.25, 0.3) is 0 Å². The lowest BCUT2D eigenvalue weighted by Crippen LogP contribution is -2.12. The molecular formula is C13H18ClIN2O. The molecule has 0 saturated heterocycles. The van der Waals surface area contributed by atoms with Gasteiger partial charge >= 0.3 is 0 Å². The van der Waals surface area contributed by atoms with Gasteiger partial charge in [0.05, 0.1) is 5.69 Å². The minimum atomic E-state index is 0.0583. The van der Waals surface area contributed by atoms with Crippen molar-refractivity contribution >= 4 is 45.8 Å². The van der Waals surface area contributed by atoms with Crippen LogP contribution in [0.1, 0.15) is 32.1 Å². The Hall–Kier alpha value is -0.330. The molecule has 0 atom stereocenters. The van der Waals surface area contributed by atoms with Crippen LogP contribution in [0.2, 0.25) is 5.02 Å². The van der Waals surface area contributed by atoms with Crippen LogP contribution in [0, 0.1) is 3.57 Å². The Morgan fingerprint density at radius 1 is 1.28 bits per heavy atom. The number of carbonyl (C=O) groups is 1. The molecule has 3 nitrogen and oxygen atoms in total. The van der Waals surface area contributed by atoms with Crippen LogP contribution in [-0.2, 0) is 4.79 Å². The molecule has 0 heterocycles. The van der Waals surface area contributed by atoms with Crippen molar-refractivity contribution in [3.05, 3.63) is 26.8 Å². The molecule has 0 aliphatic carbocycles. The van der Waals surface area contributed by atoms with E-state index in [-0.39, 0.29) is 5.91 Å². The number of halogens is 2. The third-order valence-electron chi connectivity index (χ3n) is 2.56. The molecule has 0 aliphatic rings. The number of hydrogen-bond acceptors (Lipinski definition) is 2. The van der Waals surface area contributed by atoms with Gasteiger partial charge in [-0.05, 0) is 60.2 Å². The van der Waals surface area contributed by atoms with Gasteiger partial charge in [0, 0.05) is 15.0 Å². The first kappa shape index (κ1) is 15.7. The van der Waals surface area contributed by atoms with Gasteiger partial charge in [0.2, 0.25) is 5.91 Å². The SMILES string of the molecule is NCCCCCCC(=O)Nc1ccc(Cl)cc1I. The zero-order chi connectivity index (χ0) is 13.4. The van der Waals surface area contributed by atoms with E-state index >= 15 is 0 Å². The van der Waals surface area contributed by atoms with Crippen LogP contribution in [0.15, 0.2) is 18.2 Å². The zero-order valence-corrected chi connectivity index (χ0v) is 13.1. The second kappa shape index (κ2) is 8.72. The van der Waals surface area contributed by atoms with Gasteiger partial charge in [-0.25, -0.2) is 0 Å². The minimum Gasteiger partial charge on any atom is -0.330 e. The zero-order valence-electron chi connectivity index (χ0n) is 10.2. The van der Waals surface area contributed by atoms with Gasteiger partial charge in [-0.3, -0.25) is 4.79 Å². The fourth-order valence-electron chi connectivity index (χ4n) is 1.59. The van der Waals surface area contributed by atoms with E-state index in [0.29, 0.717) is 11.4 Å². The number of hydrogen-bond donors (Lipinski definition) is 2. The number of rotatable bonds is 7. The molecule has 100 valence electrons. The van der Waals surface area contributed by atoms with Crippen molar-refractivity contribution < 1.29 is 4.79 Å². The third kappa shape index (κ3) is 6.02. The molecule has 0 saturated carbocycles. The summed E-state index contributed by atoms with van der Waals surface area (Å²) < 4.78 is 0.955. The third-order valence-corrected chi connectivity index (χ3v) is 3.69. The Morgan fingerprint density at radius 3 is 2.67 bits per heavy atom. The molecule has 1 aromatic rings. The van der Waals surface area contributed by atoms with Gasteiger partial charge in [-0.15, -0.1) is 0 Å². The Balaban J connectivity index is 2.31. The Morgan fingerprint density at radius 2 is 2.00 bits per heavy atom. The van der Waals surface area contributed by atoms with Gasteiger partial charge in [-0.1, -0.05) is 24.4 Å². The molecule has 0 aliphatic heterocycles. The largest absolute Gasteiger partial charge is 0.330 e. The molecule has 0 radical (unpaired) electrons. The summed E-state index contributed by atoms with van der Waals surface area (Å²) in [4.78, 5) is 11.7. The maximum Gasteiger partial charge on any atom is 0.224 e. The first-order chi connectivity index (χ1) is 8.63. The Labute approximate surface area is 127 Å². The minimum absolute atomic E-state index is 0.0583. The van der Waals surface area contributed by atoms with E-state index in [1.54, 1.807) is 6.07 Å². The summed E-state index contributed by atoms with van der Waals surface area (Å²) >= 11 is 8.02. The standard InChI is InChI=1S/C13H18ClIN2O/c14-10-6-7-12(11(15)9-10)17-13(18)5-3-1-2-4-8-16/h6-7,9H,1-5,8,16H2,(H,17,18). The first-order valence-electron chi connectivity index (χ1n) is 6.08. The number of nitrogens with one attached hydrogen (secondary N) is 1. The summed E-state index contributed by atoms with van der Waals surface area (Å²) in [6.07, 6.45) is 4.67. The Bertz CT molecular complexity index is 399. The van der Waals surface area contributed by atoms with Gasteiger partial charge < -0.3 is 11.1 Å². The molecule has 3 N–H and O–H groups in total. The normalized spacial score (nSPS) is 10.4. The van der Waals surface area contributed by atoms with Crippen LogP contribution in [0.4, 0.5) is 5.69 Å². The molecule has 0 spiro atoms. The molecule has 0 bridgehead atoms. The van der Waals surface area contributed by atoms with Crippen molar-refractivity contribution in [2.24, 2.45) is 5.73 Å². The summed E-state index contributed by atoms with van der Waals surface area (Å²) in [7, 11) is 0. The highest BCUT2D eigenvalue weighted by atomic mass is 127. The summed E-state index contributed by atoms with van der Waals surface area (Å²) in [5.74, 6) is 0.0583. The second-order valence-corrected chi connectivity index (χ2v) is 5.72. The number of benzene rings is 1. The summed E-state index contributed by atoms with van der Waals surface area (Å²) in [6, 6.07) is 5.44. The number of amides is 1. The fourth-order valence-corrected chi connectivity index (χ4v) is 2.59. The maximum absolute atomic E-state index is 11.7. The molecule has 0 fully saturated rings. The topological polar surface area (TPSA) is 55.1 Å². The smallest absolute Gasteiger partial charge is 0.224 e. The molecular weight excluding hydrogens is 363 g/mol. The lowest BCUT2D eigenvalue weighted by atomic mass is 10.1. The van der Waals surface area contributed by atoms with Crippen LogP contribution in [0.3, 0.4) is 0 Å². The monoisotopic (exact) mass is 380 g/mol. The molecule has 0 aromatic heterocycles. The van der Waals surface area contributed by atoms with E-state index in [1.165, 1.54) is 0 Å². The van der Waals surface area contributed by atoms with Crippen LogP contribution >= 0.6 is 34.2 Å². The quantitative estimate of drug-likeness (QED) is 0.558. The van der Waals surface area contributed by atoms with E-state index in [0.717, 1.165) is 41.5 Å². The molecule has 18 heavy (non-hydrogen) atoms. The number of anilines is 1. The Kier molecular flexibility index (Phi) is 7.62. The second-order valence-electron chi connectivity index (χ2n) is 4.13. The predicted octanol–water partition coefficient (Wildman–Crippen LogP) is 3.79. The highest BCUT2D eigenvalue weighted by Gasteiger charge is 2.05. The van der Waals surface area contributed by atoms with Crippen LogP contribution < -0.4 is 11.1 Å². The molecule has 1 aromatic carbocycles. The van der Waals surface area contributed by atoms with Gasteiger partial charge in [-0.2, -0.15) is 0 Å². The maximum atomic E-state index is 11.7. The van der Waals surface area contributed by atoms with Gasteiger partial charge in [0.15, 0.2) is 0 Å². The van der Waals surface area contributed by atoms with E-state index in [4.69, 9.17) is 17.3 Å². The number of unbranched alkanes of at least 4 members (excludes halogenated alkanes) is 3. The van der Waals surface area contributed by atoms with Crippen molar-refractivity contribution in [3.8, 4) is 0 Å². The van der Waals surface area contributed by atoms with Crippen molar-refractivity contribution in [1.29, 1.82) is 0 Å². The average molecular weight is 381 g/mol. The molecule has 1 rings (SSSR count). The molecule has 0 unspecified atom stereocenters. The molecule has 1 amide bonds. The van der Waals surface area contributed by atoms with Crippen LogP contribution in [0.5, 0.6) is 0 Å². The van der Waals surface area contributed by atoms with Crippen LogP contribution in [-0.4, -0.2) is 12.5 Å². The predicted molar refractivity (Wildman–Crippen MR) is 84.9 cm³/mol. The first-order valence-corrected chi connectivity index (χ1v) is 7.54. The lowest BCUT2D eigenvalue weighted by molar-refractivity contribution is -0.116. The summed E-state index contributed by atoms with van der Waals surface area (Å²) in [5.41, 5.74) is 6.24. The van der Waals surface area contributed by atoms with E-state index < -0.39 is 0 Å². The van der Waals surface area contributed by atoms with Crippen molar-refractivity contribution in [1.82, 2.24) is 0 Å². The van der Waals surface area contributed by atoms with E-state index in [2.05, 4.69) is 27.9 Å². The highest BCUT2D eigenvalue weighted by Crippen LogP contribution is 2.22. The number of carbonyl (C=O) groups excluding carboxylic acids is 1. The fraction of sp³-hybridized carbons (Fsp3) is 0.462. The number of nitrogens with two attached hydrogens (primary N) is 1. The van der Waals surface area contributed by atoms with E-state index in [9.17, 15) is 4.79 Å². The van der Waals surface area contributed by atoms with Crippen molar-refractivity contribution in [2.45, 2.75) is 32.1 Å². The summed E-state index contributed by atoms with van der Waals surface area (Å²) in [5, 5.41) is 3.58. The van der Waals surface area contributed by atoms with Gasteiger partial charge in [0.25, 0.3) is 0 Å². The highest BCUT2D eigenvalue weighted by molar-refractivity contribution is 14.1.